The third-order valence-electron chi connectivity index (χ3n) is 6.30. The summed E-state index contributed by atoms with van der Waals surface area (Å²) in [6.07, 6.45) is 2.29. The van der Waals surface area contributed by atoms with Crippen LogP contribution in [-0.2, 0) is 9.59 Å². The van der Waals surface area contributed by atoms with Gasteiger partial charge in [-0.05, 0) is 29.2 Å². The molecule has 0 saturated heterocycles. The highest BCUT2D eigenvalue weighted by Gasteiger charge is 2.49. The summed E-state index contributed by atoms with van der Waals surface area (Å²) in [5, 5.41) is 11.1. The number of nitro benzene ring substituents is 1. The zero-order valence-electron chi connectivity index (χ0n) is 17.3. The number of fused-ring (bicyclic) bond motifs is 1. The number of aliphatic imine (C=N–C) groups is 1. The van der Waals surface area contributed by atoms with Crippen LogP contribution in [0.1, 0.15) is 64.9 Å². The summed E-state index contributed by atoms with van der Waals surface area (Å²) in [5.41, 5.74) is 2.76. The maximum Gasteiger partial charge on any atom is 0.269 e. The average Bonchev–Trinajstić information content (AvgIpc) is 2.57. The molecule has 2 aliphatic carbocycles. The number of allylic oxidation sites excluding steroid dienone is 2. The van der Waals surface area contributed by atoms with Gasteiger partial charge >= 0.3 is 0 Å². The quantitative estimate of drug-likeness (QED) is 0.533. The van der Waals surface area contributed by atoms with E-state index in [1.165, 1.54) is 12.1 Å². The fourth-order valence-corrected chi connectivity index (χ4v) is 5.17. The van der Waals surface area contributed by atoms with Gasteiger partial charge in [-0.25, -0.2) is 0 Å². The van der Waals surface area contributed by atoms with E-state index in [9.17, 15) is 19.7 Å². The van der Waals surface area contributed by atoms with Crippen molar-refractivity contribution in [2.24, 2.45) is 21.7 Å². The Hall–Kier alpha value is -2.63. The van der Waals surface area contributed by atoms with Crippen molar-refractivity contribution in [2.75, 3.05) is 0 Å². The SMILES string of the molecule is CC1(C)CC(=O)C2C(=NC3=C(C(=O)CC(C)(C)C3)[C@H]2c2ccc([N+](=O)[O-])cc2)C1. The van der Waals surface area contributed by atoms with Gasteiger partial charge in [0, 0.05) is 47.9 Å². The van der Waals surface area contributed by atoms with E-state index < -0.39 is 16.8 Å². The van der Waals surface area contributed by atoms with Gasteiger partial charge in [-0.2, -0.15) is 0 Å². The normalized spacial score (nSPS) is 27.8. The van der Waals surface area contributed by atoms with Gasteiger partial charge in [-0.1, -0.05) is 39.8 Å². The van der Waals surface area contributed by atoms with Crippen molar-refractivity contribution in [3.63, 3.8) is 0 Å². The summed E-state index contributed by atoms with van der Waals surface area (Å²) in [4.78, 5) is 41.9. The van der Waals surface area contributed by atoms with Gasteiger partial charge < -0.3 is 0 Å². The van der Waals surface area contributed by atoms with Crippen molar-refractivity contribution >= 4 is 23.0 Å². The van der Waals surface area contributed by atoms with Crippen LogP contribution in [0.2, 0.25) is 0 Å². The summed E-state index contributed by atoms with van der Waals surface area (Å²) in [5.74, 6) is -0.702. The van der Waals surface area contributed by atoms with Crippen LogP contribution in [0.3, 0.4) is 0 Å². The van der Waals surface area contributed by atoms with Crippen LogP contribution in [0.15, 0.2) is 40.5 Å². The first kappa shape index (κ1) is 19.7. The van der Waals surface area contributed by atoms with Gasteiger partial charge in [0.1, 0.15) is 5.78 Å². The number of carbonyl (C=O) groups excluding carboxylic acids is 2. The van der Waals surface area contributed by atoms with E-state index in [0.717, 1.165) is 23.4 Å². The highest BCUT2D eigenvalue weighted by atomic mass is 16.6. The molecule has 6 heteroatoms. The molecule has 1 aliphatic heterocycles. The Morgan fingerprint density at radius 2 is 1.55 bits per heavy atom. The van der Waals surface area contributed by atoms with Crippen LogP contribution >= 0.6 is 0 Å². The first-order chi connectivity index (χ1) is 13.5. The molecule has 0 aromatic heterocycles. The van der Waals surface area contributed by atoms with Crippen molar-refractivity contribution < 1.29 is 14.5 Å². The lowest BCUT2D eigenvalue weighted by Gasteiger charge is -2.44. The number of benzene rings is 1. The molecule has 3 aliphatic rings. The van der Waals surface area contributed by atoms with E-state index in [0.29, 0.717) is 24.8 Å². The minimum atomic E-state index is -0.451. The number of carbonyl (C=O) groups is 2. The van der Waals surface area contributed by atoms with E-state index in [2.05, 4.69) is 27.7 Å². The molecule has 1 heterocycles. The summed E-state index contributed by atoms with van der Waals surface area (Å²) in [7, 11) is 0. The molecular formula is C23H26N2O4. The zero-order chi connectivity index (χ0) is 21.1. The molecule has 1 fully saturated rings. The fraction of sp³-hybridized carbons (Fsp3) is 0.522. The molecule has 6 nitrogen and oxygen atoms in total. The Bertz CT molecular complexity index is 983. The molecule has 1 aromatic rings. The van der Waals surface area contributed by atoms with Crippen LogP contribution in [-0.4, -0.2) is 22.2 Å². The Kier molecular flexibility index (Phi) is 4.37. The summed E-state index contributed by atoms with van der Waals surface area (Å²) < 4.78 is 0. The molecule has 2 atom stereocenters. The first-order valence-corrected chi connectivity index (χ1v) is 10.1. The first-order valence-electron chi connectivity index (χ1n) is 10.1. The number of non-ortho nitro benzene ring substituents is 1. The predicted molar refractivity (Wildman–Crippen MR) is 110 cm³/mol. The lowest BCUT2D eigenvalue weighted by Crippen LogP contribution is -2.45. The highest BCUT2D eigenvalue weighted by molar-refractivity contribution is 6.13. The number of hydrogen-bond donors (Lipinski definition) is 0. The van der Waals surface area contributed by atoms with Crippen molar-refractivity contribution in [2.45, 2.75) is 59.3 Å². The molecule has 152 valence electrons. The lowest BCUT2D eigenvalue weighted by atomic mass is 9.60. The summed E-state index contributed by atoms with van der Waals surface area (Å²) in [6.45, 7) is 8.28. The van der Waals surface area contributed by atoms with E-state index in [-0.39, 0.29) is 28.1 Å². The van der Waals surface area contributed by atoms with Crippen molar-refractivity contribution in [3.8, 4) is 0 Å². The maximum absolute atomic E-state index is 13.2. The van der Waals surface area contributed by atoms with E-state index in [1.807, 2.05) is 0 Å². The van der Waals surface area contributed by atoms with E-state index in [4.69, 9.17) is 4.99 Å². The second-order valence-electron chi connectivity index (χ2n) is 10.2. The molecule has 0 radical (unpaired) electrons. The maximum atomic E-state index is 13.2. The molecular weight excluding hydrogens is 368 g/mol. The van der Waals surface area contributed by atoms with Gasteiger partial charge in [0.05, 0.1) is 10.8 Å². The predicted octanol–water partition coefficient (Wildman–Crippen LogP) is 4.78. The monoisotopic (exact) mass is 394 g/mol. The molecule has 0 bridgehead atoms. The van der Waals surface area contributed by atoms with Crippen molar-refractivity contribution in [3.05, 3.63) is 51.2 Å². The van der Waals surface area contributed by atoms with E-state index >= 15 is 0 Å². The zero-order valence-corrected chi connectivity index (χ0v) is 17.3. The largest absolute Gasteiger partial charge is 0.299 e. The van der Waals surface area contributed by atoms with Gasteiger partial charge in [-0.3, -0.25) is 24.7 Å². The minimum Gasteiger partial charge on any atom is -0.299 e. The Morgan fingerprint density at radius 1 is 0.931 bits per heavy atom. The third kappa shape index (κ3) is 3.45. The van der Waals surface area contributed by atoms with Gasteiger partial charge in [0.15, 0.2) is 5.78 Å². The second kappa shape index (κ2) is 6.44. The van der Waals surface area contributed by atoms with Crippen LogP contribution < -0.4 is 0 Å². The topological polar surface area (TPSA) is 89.6 Å². The van der Waals surface area contributed by atoms with Gasteiger partial charge in [-0.15, -0.1) is 0 Å². The van der Waals surface area contributed by atoms with Crippen LogP contribution in [0.25, 0.3) is 0 Å². The number of hydrogen-bond acceptors (Lipinski definition) is 5. The number of nitrogens with zero attached hydrogens (tertiary/aromatic N) is 2. The van der Waals surface area contributed by atoms with Crippen molar-refractivity contribution in [1.82, 2.24) is 0 Å². The second-order valence-corrected chi connectivity index (χ2v) is 10.2. The number of nitro groups is 1. The fourth-order valence-electron chi connectivity index (χ4n) is 5.17. The molecule has 4 rings (SSSR count). The lowest BCUT2D eigenvalue weighted by molar-refractivity contribution is -0.384. The summed E-state index contributed by atoms with van der Waals surface area (Å²) in [6, 6.07) is 6.29. The molecule has 0 spiro atoms. The number of rotatable bonds is 2. The Labute approximate surface area is 170 Å². The third-order valence-corrected chi connectivity index (χ3v) is 6.30. The van der Waals surface area contributed by atoms with Gasteiger partial charge in [0.25, 0.3) is 5.69 Å². The smallest absolute Gasteiger partial charge is 0.269 e. The standard InChI is InChI=1S/C23H26N2O4/c1-22(2)9-15-20(17(26)11-22)19(13-5-7-14(8-6-13)25(28)29)21-16(24-15)10-23(3,4)12-18(21)27/h5-8,19-20H,9-12H2,1-4H3/t19-,20?/m0/s1. The molecule has 1 unspecified atom stereocenters. The van der Waals surface area contributed by atoms with E-state index in [1.54, 1.807) is 12.1 Å². The number of ketones is 2. The minimum absolute atomic E-state index is 0.000129. The van der Waals surface area contributed by atoms with Crippen LogP contribution in [0.4, 0.5) is 5.69 Å². The molecule has 29 heavy (non-hydrogen) atoms. The molecule has 0 amide bonds. The molecule has 1 saturated carbocycles. The van der Waals surface area contributed by atoms with Crippen LogP contribution in [0, 0.1) is 26.9 Å². The van der Waals surface area contributed by atoms with Crippen LogP contribution in [0.5, 0.6) is 0 Å². The van der Waals surface area contributed by atoms with Crippen molar-refractivity contribution in [1.29, 1.82) is 0 Å². The summed E-state index contributed by atoms with van der Waals surface area (Å²) >= 11 is 0. The number of Topliss-reactive ketones (excluding diaryl/α,β-unsaturated/α-hetero) is 2. The highest BCUT2D eigenvalue weighted by Crippen LogP contribution is 2.51. The Morgan fingerprint density at radius 3 is 2.17 bits per heavy atom. The van der Waals surface area contributed by atoms with Gasteiger partial charge in [0.2, 0.25) is 0 Å². The molecule has 1 aromatic carbocycles. The average molecular weight is 394 g/mol. The molecule has 0 N–H and O–H groups in total. The Balaban J connectivity index is 1.88.